The van der Waals surface area contributed by atoms with Crippen LogP contribution in [0.2, 0.25) is 0 Å². The molecule has 0 unspecified atom stereocenters. The van der Waals surface area contributed by atoms with Crippen molar-refractivity contribution in [2.24, 2.45) is 5.10 Å². The summed E-state index contributed by atoms with van der Waals surface area (Å²) in [6.07, 6.45) is 0.685. The number of nitrogens with zero attached hydrogens (tertiary/aromatic N) is 4. The first-order valence-corrected chi connectivity index (χ1v) is 9.79. The molecule has 4 rings (SSSR count). The Hall–Kier alpha value is -3.35. The first-order chi connectivity index (χ1) is 14.2. The van der Waals surface area contributed by atoms with Gasteiger partial charge in [0.05, 0.1) is 12.8 Å². The molecule has 150 valence electrons. The fourth-order valence-corrected chi connectivity index (χ4v) is 3.62. The second kappa shape index (κ2) is 8.34. The molecule has 7 nitrogen and oxygen atoms in total. The van der Waals surface area contributed by atoms with Gasteiger partial charge in [0.1, 0.15) is 11.5 Å². The summed E-state index contributed by atoms with van der Waals surface area (Å²) in [6, 6.07) is 17.2. The van der Waals surface area contributed by atoms with Crippen molar-refractivity contribution in [3.63, 3.8) is 0 Å². The Labute approximate surface area is 170 Å². The highest BCUT2D eigenvalue weighted by Crippen LogP contribution is 2.22. The molecule has 2 aromatic rings. The van der Waals surface area contributed by atoms with Gasteiger partial charge in [0, 0.05) is 44.7 Å². The molecule has 0 atom stereocenters. The lowest BCUT2D eigenvalue weighted by Crippen LogP contribution is -2.51. The van der Waals surface area contributed by atoms with Gasteiger partial charge in [0.25, 0.3) is 5.91 Å². The summed E-state index contributed by atoms with van der Waals surface area (Å²) < 4.78 is 5.21. The number of para-hydroxylation sites is 1. The second-order valence-electron chi connectivity index (χ2n) is 7.07. The molecule has 0 N–H and O–H groups in total. The third-order valence-corrected chi connectivity index (χ3v) is 5.28. The molecular weight excluding hydrogens is 368 g/mol. The molecule has 0 radical (unpaired) electrons. The lowest BCUT2D eigenvalue weighted by Gasteiger charge is -2.36. The van der Waals surface area contributed by atoms with Gasteiger partial charge in [-0.25, -0.2) is 5.01 Å². The number of hydrazone groups is 1. The molecule has 0 aromatic heterocycles. The van der Waals surface area contributed by atoms with E-state index in [4.69, 9.17) is 4.74 Å². The summed E-state index contributed by atoms with van der Waals surface area (Å²) in [5.41, 5.74) is 2.26. The largest absolute Gasteiger partial charge is 0.497 e. The smallest absolute Gasteiger partial charge is 0.270 e. The third-order valence-electron chi connectivity index (χ3n) is 5.28. The van der Waals surface area contributed by atoms with E-state index in [9.17, 15) is 9.59 Å². The number of hydrogen-bond acceptors (Lipinski definition) is 5. The van der Waals surface area contributed by atoms with Gasteiger partial charge in [0.2, 0.25) is 5.91 Å². The Balaban J connectivity index is 1.41. The van der Waals surface area contributed by atoms with Gasteiger partial charge >= 0.3 is 0 Å². The van der Waals surface area contributed by atoms with Crippen molar-refractivity contribution in [1.29, 1.82) is 0 Å². The van der Waals surface area contributed by atoms with Gasteiger partial charge in [-0.2, -0.15) is 5.10 Å². The number of methoxy groups -OCH3 is 1. The molecule has 2 aromatic carbocycles. The fourth-order valence-electron chi connectivity index (χ4n) is 3.62. The van der Waals surface area contributed by atoms with Crippen LogP contribution in [0.1, 0.15) is 12.8 Å². The molecule has 2 aliphatic rings. The quantitative estimate of drug-likeness (QED) is 0.802. The first-order valence-electron chi connectivity index (χ1n) is 9.79. The standard InChI is InChI=1S/C22H24N4O3/c1-29-19-9-7-17(8-10-19)24-13-15-25(16-14-24)22(28)20-11-12-21(27)26(23-20)18-5-3-2-4-6-18/h2-10H,11-16H2,1H3. The average molecular weight is 392 g/mol. The van der Waals surface area contributed by atoms with Crippen LogP contribution in [-0.2, 0) is 9.59 Å². The minimum atomic E-state index is -0.0860. The van der Waals surface area contributed by atoms with Crippen molar-refractivity contribution in [3.8, 4) is 5.75 Å². The Morgan fingerprint density at radius 1 is 0.897 bits per heavy atom. The van der Waals surface area contributed by atoms with E-state index in [2.05, 4.69) is 10.0 Å². The van der Waals surface area contributed by atoms with Gasteiger partial charge in [-0.1, -0.05) is 18.2 Å². The maximum atomic E-state index is 13.0. The summed E-state index contributed by atoms with van der Waals surface area (Å²) in [5, 5.41) is 5.74. The summed E-state index contributed by atoms with van der Waals surface area (Å²) in [6.45, 7) is 2.77. The number of ether oxygens (including phenoxy) is 1. The third kappa shape index (κ3) is 4.08. The predicted molar refractivity (Wildman–Crippen MR) is 112 cm³/mol. The van der Waals surface area contributed by atoms with E-state index >= 15 is 0 Å². The highest BCUT2D eigenvalue weighted by molar-refractivity contribution is 6.40. The van der Waals surface area contributed by atoms with Crippen LogP contribution in [0.3, 0.4) is 0 Å². The van der Waals surface area contributed by atoms with Crippen LogP contribution in [0.25, 0.3) is 0 Å². The zero-order valence-corrected chi connectivity index (χ0v) is 16.5. The predicted octanol–water partition coefficient (Wildman–Crippen LogP) is 2.53. The van der Waals surface area contributed by atoms with Gasteiger partial charge in [0.15, 0.2) is 0 Å². The molecule has 0 bridgehead atoms. The van der Waals surface area contributed by atoms with E-state index in [0.29, 0.717) is 37.3 Å². The van der Waals surface area contributed by atoms with E-state index in [0.717, 1.165) is 24.5 Å². The monoisotopic (exact) mass is 392 g/mol. The van der Waals surface area contributed by atoms with Crippen molar-refractivity contribution in [1.82, 2.24) is 4.90 Å². The average Bonchev–Trinajstić information content (AvgIpc) is 2.80. The normalized spacial score (nSPS) is 17.2. The summed E-state index contributed by atoms with van der Waals surface area (Å²) in [7, 11) is 1.65. The van der Waals surface area contributed by atoms with Crippen molar-refractivity contribution in [2.45, 2.75) is 12.8 Å². The zero-order chi connectivity index (χ0) is 20.2. The van der Waals surface area contributed by atoms with Gasteiger partial charge < -0.3 is 14.5 Å². The topological polar surface area (TPSA) is 65.5 Å². The number of carbonyl (C=O) groups is 2. The van der Waals surface area contributed by atoms with E-state index in [-0.39, 0.29) is 11.8 Å². The maximum absolute atomic E-state index is 13.0. The summed E-state index contributed by atoms with van der Waals surface area (Å²) in [4.78, 5) is 29.3. The summed E-state index contributed by atoms with van der Waals surface area (Å²) in [5.74, 6) is 0.667. The second-order valence-corrected chi connectivity index (χ2v) is 7.07. The molecule has 2 heterocycles. The zero-order valence-electron chi connectivity index (χ0n) is 16.5. The Bertz CT molecular complexity index is 903. The molecule has 7 heteroatoms. The van der Waals surface area contributed by atoms with Crippen molar-refractivity contribution in [2.75, 3.05) is 43.2 Å². The number of piperazine rings is 1. The molecule has 0 saturated carbocycles. The molecule has 0 aliphatic carbocycles. The molecule has 2 amide bonds. The van der Waals surface area contributed by atoms with Crippen molar-refractivity contribution >= 4 is 28.9 Å². The lowest BCUT2D eigenvalue weighted by molar-refractivity contribution is -0.124. The molecule has 1 fully saturated rings. The molecule has 2 aliphatic heterocycles. The van der Waals surface area contributed by atoms with E-state index in [1.807, 2.05) is 59.5 Å². The van der Waals surface area contributed by atoms with Crippen LogP contribution in [0.15, 0.2) is 59.7 Å². The van der Waals surface area contributed by atoms with Crippen LogP contribution in [0.5, 0.6) is 5.75 Å². The minimum absolute atomic E-state index is 0.0761. The van der Waals surface area contributed by atoms with Crippen LogP contribution < -0.4 is 14.6 Å². The lowest BCUT2D eigenvalue weighted by atomic mass is 10.1. The van der Waals surface area contributed by atoms with Crippen LogP contribution >= 0.6 is 0 Å². The van der Waals surface area contributed by atoms with Gasteiger partial charge in [-0.15, -0.1) is 0 Å². The summed E-state index contributed by atoms with van der Waals surface area (Å²) >= 11 is 0. The number of rotatable bonds is 4. The van der Waals surface area contributed by atoms with Crippen LogP contribution in [0.4, 0.5) is 11.4 Å². The minimum Gasteiger partial charge on any atom is -0.497 e. The number of hydrogen-bond donors (Lipinski definition) is 0. The van der Waals surface area contributed by atoms with E-state index in [1.165, 1.54) is 5.01 Å². The molecular formula is C22H24N4O3. The molecule has 0 spiro atoms. The molecule has 29 heavy (non-hydrogen) atoms. The molecule has 1 saturated heterocycles. The van der Waals surface area contributed by atoms with Crippen molar-refractivity contribution < 1.29 is 14.3 Å². The van der Waals surface area contributed by atoms with Crippen molar-refractivity contribution in [3.05, 3.63) is 54.6 Å². The maximum Gasteiger partial charge on any atom is 0.270 e. The Morgan fingerprint density at radius 2 is 1.59 bits per heavy atom. The first kappa shape index (κ1) is 19.0. The van der Waals surface area contributed by atoms with Crippen LogP contribution in [0, 0.1) is 0 Å². The SMILES string of the molecule is COc1ccc(N2CCN(C(=O)C3=NN(c4ccccc4)C(=O)CC3)CC2)cc1. The number of benzene rings is 2. The highest BCUT2D eigenvalue weighted by atomic mass is 16.5. The fraction of sp³-hybridized carbons (Fsp3) is 0.318. The van der Waals surface area contributed by atoms with Gasteiger partial charge in [-0.05, 0) is 36.4 Å². The van der Waals surface area contributed by atoms with Crippen LogP contribution in [-0.4, -0.2) is 55.7 Å². The van der Waals surface area contributed by atoms with Gasteiger partial charge in [-0.3, -0.25) is 9.59 Å². The number of amides is 2. The number of anilines is 2. The van der Waals surface area contributed by atoms with E-state index in [1.54, 1.807) is 7.11 Å². The van der Waals surface area contributed by atoms with E-state index < -0.39 is 0 Å². The number of carbonyl (C=O) groups excluding carboxylic acids is 2. The Kier molecular flexibility index (Phi) is 5.46. The Morgan fingerprint density at radius 3 is 2.24 bits per heavy atom. The highest BCUT2D eigenvalue weighted by Gasteiger charge is 2.30.